The summed E-state index contributed by atoms with van der Waals surface area (Å²) in [7, 11) is 0. The van der Waals surface area contributed by atoms with Crippen LogP contribution in [0.25, 0.3) is 10.9 Å². The largest absolute Gasteiger partial charge is 0.360 e. The van der Waals surface area contributed by atoms with Gasteiger partial charge in [0.2, 0.25) is 5.91 Å². The van der Waals surface area contributed by atoms with Crippen LogP contribution in [0.3, 0.4) is 0 Å². The van der Waals surface area contributed by atoms with Crippen LogP contribution in [0.5, 0.6) is 0 Å². The maximum atomic E-state index is 12.3. The first kappa shape index (κ1) is 14.2. The molecule has 0 aromatic carbocycles. The van der Waals surface area contributed by atoms with Gasteiger partial charge in [-0.15, -0.1) is 10.2 Å². The Morgan fingerprint density at radius 1 is 1.45 bits per heavy atom. The van der Waals surface area contributed by atoms with Gasteiger partial charge in [-0.3, -0.25) is 9.78 Å². The van der Waals surface area contributed by atoms with E-state index in [0.29, 0.717) is 12.2 Å². The summed E-state index contributed by atoms with van der Waals surface area (Å²) in [6.45, 7) is 2.05. The number of nitrogens with zero attached hydrogens (tertiary/aromatic N) is 4. The topological polar surface area (TPSA) is 112 Å². The van der Waals surface area contributed by atoms with Crippen molar-refractivity contribution in [3.05, 3.63) is 36.0 Å². The average molecular weight is 299 g/mol. The van der Waals surface area contributed by atoms with Crippen molar-refractivity contribution in [2.24, 2.45) is 0 Å². The number of tetrazole rings is 1. The Kier molecular flexibility index (Phi) is 4.08. The fourth-order valence-electron chi connectivity index (χ4n) is 2.47. The third-order valence-corrected chi connectivity index (χ3v) is 3.51. The highest BCUT2D eigenvalue weighted by Crippen LogP contribution is 2.18. The van der Waals surface area contributed by atoms with Crippen LogP contribution in [-0.4, -0.2) is 36.5 Å². The molecule has 8 heteroatoms. The summed E-state index contributed by atoms with van der Waals surface area (Å²) in [6, 6.07) is 1.68. The fraction of sp³-hybridized carbons (Fsp3) is 0.357. The minimum absolute atomic E-state index is 0.0686. The predicted molar refractivity (Wildman–Crippen MR) is 79.8 cm³/mol. The van der Waals surface area contributed by atoms with Crippen molar-refractivity contribution in [3.8, 4) is 0 Å². The first-order chi connectivity index (χ1) is 10.8. The van der Waals surface area contributed by atoms with Gasteiger partial charge in [-0.05, 0) is 18.1 Å². The normalized spacial score (nSPS) is 12.4. The van der Waals surface area contributed by atoms with Gasteiger partial charge in [0.15, 0.2) is 5.82 Å². The van der Waals surface area contributed by atoms with Crippen molar-refractivity contribution in [1.29, 1.82) is 0 Å². The number of rotatable bonds is 6. The lowest BCUT2D eigenvalue weighted by Crippen LogP contribution is -2.30. The minimum atomic E-state index is -0.219. The van der Waals surface area contributed by atoms with Crippen LogP contribution < -0.4 is 5.32 Å². The van der Waals surface area contributed by atoms with E-state index in [9.17, 15) is 4.79 Å². The Morgan fingerprint density at radius 3 is 3.14 bits per heavy atom. The number of carbonyl (C=O) groups excluding carboxylic acids is 1. The van der Waals surface area contributed by atoms with Crippen molar-refractivity contribution in [2.75, 3.05) is 0 Å². The van der Waals surface area contributed by atoms with E-state index in [2.05, 4.69) is 35.9 Å². The first-order valence-corrected chi connectivity index (χ1v) is 7.20. The summed E-state index contributed by atoms with van der Waals surface area (Å²) in [4.78, 5) is 19.5. The van der Waals surface area contributed by atoms with Gasteiger partial charge in [0, 0.05) is 17.8 Å². The Balaban J connectivity index is 1.71. The SMILES string of the molecule is CCCC(NC(=O)Cc1c[nH]c2cnccc12)c1nn[nH]n1. The van der Waals surface area contributed by atoms with Gasteiger partial charge in [-0.25, -0.2) is 0 Å². The highest BCUT2D eigenvalue weighted by Gasteiger charge is 2.18. The standard InChI is InChI=1S/C14H17N7O/c1-2-3-11(14-18-20-21-19-14)17-13(22)6-9-7-16-12-8-15-5-4-10(9)12/h4-5,7-8,11,16H,2-3,6H2,1H3,(H,17,22)(H,18,19,20,21). The lowest BCUT2D eigenvalue weighted by atomic mass is 10.1. The number of amides is 1. The summed E-state index contributed by atoms with van der Waals surface area (Å²) >= 11 is 0. The van der Waals surface area contributed by atoms with Gasteiger partial charge >= 0.3 is 0 Å². The number of aromatic amines is 2. The molecule has 3 aromatic heterocycles. The molecule has 0 saturated carbocycles. The van der Waals surface area contributed by atoms with E-state index < -0.39 is 0 Å². The zero-order valence-corrected chi connectivity index (χ0v) is 12.2. The Bertz CT molecular complexity index is 749. The Morgan fingerprint density at radius 2 is 2.36 bits per heavy atom. The van der Waals surface area contributed by atoms with Crippen LogP contribution in [-0.2, 0) is 11.2 Å². The molecule has 1 amide bonds. The van der Waals surface area contributed by atoms with Crippen molar-refractivity contribution < 1.29 is 4.79 Å². The number of hydrogen-bond acceptors (Lipinski definition) is 5. The number of fused-ring (bicyclic) bond motifs is 1. The van der Waals surface area contributed by atoms with Gasteiger partial charge in [0.1, 0.15) is 0 Å². The minimum Gasteiger partial charge on any atom is -0.360 e. The van der Waals surface area contributed by atoms with E-state index in [4.69, 9.17) is 0 Å². The zero-order chi connectivity index (χ0) is 15.4. The second-order valence-electron chi connectivity index (χ2n) is 5.09. The van der Waals surface area contributed by atoms with Crippen LogP contribution in [0.2, 0.25) is 0 Å². The van der Waals surface area contributed by atoms with Crippen LogP contribution in [0.15, 0.2) is 24.7 Å². The molecular formula is C14H17N7O. The molecule has 22 heavy (non-hydrogen) atoms. The summed E-state index contributed by atoms with van der Waals surface area (Å²) in [5.41, 5.74) is 1.87. The van der Waals surface area contributed by atoms with Crippen molar-refractivity contribution in [1.82, 2.24) is 35.9 Å². The molecule has 0 bridgehead atoms. The van der Waals surface area contributed by atoms with Gasteiger partial charge in [0.05, 0.1) is 24.2 Å². The zero-order valence-electron chi connectivity index (χ0n) is 12.2. The maximum absolute atomic E-state index is 12.3. The first-order valence-electron chi connectivity index (χ1n) is 7.20. The van der Waals surface area contributed by atoms with E-state index in [1.807, 2.05) is 19.2 Å². The van der Waals surface area contributed by atoms with Gasteiger partial charge in [-0.2, -0.15) is 5.21 Å². The lowest BCUT2D eigenvalue weighted by Gasteiger charge is -2.14. The van der Waals surface area contributed by atoms with Crippen LogP contribution in [0.1, 0.15) is 37.2 Å². The van der Waals surface area contributed by atoms with E-state index in [1.165, 1.54) is 0 Å². The number of hydrogen-bond donors (Lipinski definition) is 3. The molecular weight excluding hydrogens is 282 g/mol. The number of H-pyrrole nitrogens is 2. The number of pyridine rings is 1. The van der Waals surface area contributed by atoms with Gasteiger partial charge < -0.3 is 10.3 Å². The highest BCUT2D eigenvalue weighted by atomic mass is 16.1. The molecule has 3 N–H and O–H groups in total. The van der Waals surface area contributed by atoms with E-state index in [-0.39, 0.29) is 11.9 Å². The monoisotopic (exact) mass is 299 g/mol. The molecule has 3 heterocycles. The molecule has 0 fully saturated rings. The average Bonchev–Trinajstić information content (AvgIpc) is 3.17. The molecule has 0 aliphatic heterocycles. The summed E-state index contributed by atoms with van der Waals surface area (Å²) in [5.74, 6) is 0.444. The van der Waals surface area contributed by atoms with Crippen LogP contribution in [0, 0.1) is 0 Å². The van der Waals surface area contributed by atoms with Crippen molar-refractivity contribution in [2.45, 2.75) is 32.2 Å². The molecule has 3 aromatic rings. The Labute approximate surface area is 126 Å². The fourth-order valence-corrected chi connectivity index (χ4v) is 2.47. The molecule has 3 rings (SSSR count). The summed E-state index contributed by atoms with van der Waals surface area (Å²) in [5, 5.41) is 17.9. The highest BCUT2D eigenvalue weighted by molar-refractivity contribution is 5.88. The molecule has 0 saturated heterocycles. The second-order valence-corrected chi connectivity index (χ2v) is 5.09. The van der Waals surface area contributed by atoms with Crippen LogP contribution >= 0.6 is 0 Å². The smallest absolute Gasteiger partial charge is 0.225 e. The van der Waals surface area contributed by atoms with E-state index >= 15 is 0 Å². The third-order valence-electron chi connectivity index (χ3n) is 3.51. The molecule has 114 valence electrons. The molecule has 0 aliphatic carbocycles. The van der Waals surface area contributed by atoms with Crippen molar-refractivity contribution in [3.63, 3.8) is 0 Å². The third kappa shape index (κ3) is 2.95. The number of nitrogens with one attached hydrogen (secondary N) is 3. The molecule has 0 radical (unpaired) electrons. The van der Waals surface area contributed by atoms with Crippen LogP contribution in [0.4, 0.5) is 0 Å². The van der Waals surface area contributed by atoms with Gasteiger partial charge in [-0.1, -0.05) is 18.6 Å². The second kappa shape index (κ2) is 6.33. The summed E-state index contributed by atoms with van der Waals surface area (Å²) in [6.07, 6.45) is 7.28. The molecule has 1 unspecified atom stereocenters. The Hall–Kier alpha value is -2.77. The summed E-state index contributed by atoms with van der Waals surface area (Å²) < 4.78 is 0. The van der Waals surface area contributed by atoms with E-state index in [1.54, 1.807) is 12.4 Å². The van der Waals surface area contributed by atoms with Gasteiger partial charge in [0.25, 0.3) is 0 Å². The molecule has 8 nitrogen and oxygen atoms in total. The predicted octanol–water partition coefficient (Wildman–Crippen LogP) is 1.28. The quantitative estimate of drug-likeness (QED) is 0.634. The number of aromatic nitrogens is 6. The molecule has 0 aliphatic rings. The van der Waals surface area contributed by atoms with Crippen molar-refractivity contribution >= 4 is 16.8 Å². The molecule has 0 spiro atoms. The number of carbonyl (C=O) groups is 1. The molecule has 1 atom stereocenters. The lowest BCUT2D eigenvalue weighted by molar-refractivity contribution is -0.121. The van der Waals surface area contributed by atoms with E-state index in [0.717, 1.165) is 29.3 Å². The maximum Gasteiger partial charge on any atom is 0.225 e.